The van der Waals surface area contributed by atoms with Gasteiger partial charge in [-0.15, -0.1) is 5.10 Å². The summed E-state index contributed by atoms with van der Waals surface area (Å²) in [4.78, 5) is 7.03. The second kappa shape index (κ2) is 6.68. The Hall–Kier alpha value is -3.24. The van der Waals surface area contributed by atoms with Crippen molar-refractivity contribution in [1.82, 2.24) is 15.2 Å². The van der Waals surface area contributed by atoms with Crippen LogP contribution in [0.25, 0.3) is 10.9 Å². The molecule has 1 aromatic carbocycles. The molecule has 1 N–H and O–H groups in total. The zero-order valence-corrected chi connectivity index (χ0v) is 16.5. The lowest BCUT2D eigenvalue weighted by Crippen LogP contribution is -2.66. The number of anilines is 2. The molecule has 1 spiro atoms. The molecule has 2 aromatic heterocycles. The van der Waals surface area contributed by atoms with Gasteiger partial charge in [0, 0.05) is 18.5 Å². The SMILES string of the molecule is Cc1nnc(N[C@H](C)c2cccc(C#N)c2)c2cc(N3CC4(COC4)C3)cnc12. The molecule has 7 nitrogen and oxygen atoms in total. The van der Waals surface area contributed by atoms with Crippen LogP contribution >= 0.6 is 0 Å². The lowest BCUT2D eigenvalue weighted by atomic mass is 9.78. The molecule has 0 unspecified atom stereocenters. The van der Waals surface area contributed by atoms with Gasteiger partial charge in [0.05, 0.1) is 59.4 Å². The Bertz CT molecular complexity index is 1130. The van der Waals surface area contributed by atoms with Gasteiger partial charge in [-0.1, -0.05) is 12.1 Å². The maximum absolute atomic E-state index is 9.16. The van der Waals surface area contributed by atoms with Crippen molar-refractivity contribution >= 4 is 22.4 Å². The lowest BCUT2D eigenvalue weighted by Gasteiger charge is -2.55. The quantitative estimate of drug-likeness (QED) is 0.737. The van der Waals surface area contributed by atoms with Crippen LogP contribution in [0.3, 0.4) is 0 Å². The first kappa shape index (κ1) is 17.8. The Morgan fingerprint density at radius 3 is 2.79 bits per heavy atom. The number of ether oxygens (including phenoxy) is 1. The summed E-state index contributed by atoms with van der Waals surface area (Å²) < 4.78 is 5.38. The summed E-state index contributed by atoms with van der Waals surface area (Å²) in [5.41, 5.74) is 4.78. The average molecular weight is 386 g/mol. The number of benzene rings is 1. The van der Waals surface area contributed by atoms with Crippen LogP contribution in [0.1, 0.15) is 29.8 Å². The van der Waals surface area contributed by atoms with E-state index in [0.29, 0.717) is 16.8 Å². The van der Waals surface area contributed by atoms with Gasteiger partial charge in [0.25, 0.3) is 0 Å². The molecular weight excluding hydrogens is 364 g/mol. The van der Waals surface area contributed by atoms with E-state index in [1.54, 1.807) is 6.07 Å². The van der Waals surface area contributed by atoms with Crippen molar-refractivity contribution in [3.63, 3.8) is 0 Å². The molecule has 0 amide bonds. The molecule has 7 heteroatoms. The molecule has 0 aliphatic carbocycles. The van der Waals surface area contributed by atoms with Gasteiger partial charge in [-0.25, -0.2) is 0 Å². The van der Waals surface area contributed by atoms with E-state index in [-0.39, 0.29) is 6.04 Å². The molecule has 2 saturated heterocycles. The number of pyridine rings is 1. The van der Waals surface area contributed by atoms with E-state index >= 15 is 0 Å². The van der Waals surface area contributed by atoms with Crippen molar-refractivity contribution in [1.29, 1.82) is 5.26 Å². The van der Waals surface area contributed by atoms with Gasteiger partial charge in [0.15, 0.2) is 5.82 Å². The Kier molecular flexibility index (Phi) is 4.10. The monoisotopic (exact) mass is 386 g/mol. The van der Waals surface area contributed by atoms with E-state index in [1.165, 1.54) is 0 Å². The van der Waals surface area contributed by atoms with Gasteiger partial charge in [-0.05, 0) is 37.6 Å². The molecule has 3 aromatic rings. The molecule has 0 radical (unpaired) electrons. The molecule has 146 valence electrons. The molecule has 0 saturated carbocycles. The summed E-state index contributed by atoms with van der Waals surface area (Å²) in [6.45, 7) is 7.73. The molecule has 1 atom stereocenters. The molecule has 0 bridgehead atoms. The summed E-state index contributed by atoms with van der Waals surface area (Å²) >= 11 is 0. The third-order valence-electron chi connectivity index (χ3n) is 5.87. The fourth-order valence-corrected chi connectivity index (χ4v) is 4.11. The van der Waals surface area contributed by atoms with E-state index < -0.39 is 0 Å². The first-order valence-electron chi connectivity index (χ1n) is 9.79. The zero-order chi connectivity index (χ0) is 20.0. The van der Waals surface area contributed by atoms with Crippen LogP contribution in [0.5, 0.6) is 0 Å². The normalized spacial score (nSPS) is 18.0. The van der Waals surface area contributed by atoms with E-state index in [9.17, 15) is 0 Å². The minimum atomic E-state index is -0.0217. The molecule has 2 aliphatic rings. The van der Waals surface area contributed by atoms with Gasteiger partial charge in [-0.3, -0.25) is 4.98 Å². The van der Waals surface area contributed by atoms with Gasteiger partial charge in [0.2, 0.25) is 0 Å². The molecule has 4 heterocycles. The maximum Gasteiger partial charge on any atom is 0.158 e. The molecule has 29 heavy (non-hydrogen) atoms. The van der Waals surface area contributed by atoms with E-state index in [2.05, 4.69) is 44.5 Å². The van der Waals surface area contributed by atoms with Crippen molar-refractivity contribution in [2.75, 3.05) is 36.5 Å². The highest BCUT2D eigenvalue weighted by Crippen LogP contribution is 2.41. The maximum atomic E-state index is 9.16. The summed E-state index contributed by atoms with van der Waals surface area (Å²) in [5.74, 6) is 0.706. The second-order valence-corrected chi connectivity index (χ2v) is 8.18. The Morgan fingerprint density at radius 2 is 2.07 bits per heavy atom. The van der Waals surface area contributed by atoms with Crippen molar-refractivity contribution in [3.8, 4) is 6.07 Å². The number of aryl methyl sites for hydroxylation is 1. The van der Waals surface area contributed by atoms with Crippen molar-refractivity contribution < 1.29 is 4.74 Å². The van der Waals surface area contributed by atoms with Crippen molar-refractivity contribution in [2.45, 2.75) is 19.9 Å². The van der Waals surface area contributed by atoms with Crippen LogP contribution in [0.4, 0.5) is 11.5 Å². The predicted molar refractivity (Wildman–Crippen MR) is 111 cm³/mol. The lowest BCUT2D eigenvalue weighted by molar-refractivity contribution is -0.127. The number of aromatic nitrogens is 3. The van der Waals surface area contributed by atoms with Crippen LogP contribution in [0, 0.1) is 23.7 Å². The second-order valence-electron chi connectivity index (χ2n) is 8.18. The predicted octanol–water partition coefficient (Wildman–Crippen LogP) is 3.21. The fourth-order valence-electron chi connectivity index (χ4n) is 4.11. The number of rotatable bonds is 4. The van der Waals surface area contributed by atoms with Gasteiger partial charge in [-0.2, -0.15) is 10.4 Å². The highest BCUT2D eigenvalue weighted by molar-refractivity contribution is 5.92. The third-order valence-corrected chi connectivity index (χ3v) is 5.87. The Labute approximate surface area is 169 Å². The first-order chi connectivity index (χ1) is 14.1. The topological polar surface area (TPSA) is 87.0 Å². The highest BCUT2D eigenvalue weighted by Gasteiger charge is 2.49. The first-order valence-corrected chi connectivity index (χ1v) is 9.79. The number of fused-ring (bicyclic) bond motifs is 1. The largest absolute Gasteiger partial charge is 0.380 e. The summed E-state index contributed by atoms with van der Waals surface area (Å²) in [6.07, 6.45) is 1.92. The Morgan fingerprint density at radius 1 is 1.24 bits per heavy atom. The van der Waals surface area contributed by atoms with Crippen molar-refractivity contribution in [3.05, 3.63) is 53.3 Å². The Balaban J connectivity index is 1.45. The molecule has 2 fully saturated rings. The van der Waals surface area contributed by atoms with Crippen molar-refractivity contribution in [2.24, 2.45) is 5.41 Å². The minimum Gasteiger partial charge on any atom is -0.380 e. The molecule has 5 rings (SSSR count). The zero-order valence-electron chi connectivity index (χ0n) is 16.5. The summed E-state index contributed by atoms with van der Waals surface area (Å²) in [5, 5.41) is 22.3. The average Bonchev–Trinajstić information content (AvgIpc) is 2.68. The van der Waals surface area contributed by atoms with E-state index in [1.807, 2.05) is 31.3 Å². The number of hydrogen-bond acceptors (Lipinski definition) is 7. The van der Waals surface area contributed by atoms with Crippen LogP contribution in [-0.4, -0.2) is 41.5 Å². The number of nitrogens with one attached hydrogen (secondary N) is 1. The van der Waals surface area contributed by atoms with E-state index in [4.69, 9.17) is 10.00 Å². The standard InChI is InChI=1S/C22H22N6O/c1-14(17-5-3-4-16(6-17)8-23)25-21-19-7-18(9-24-20(19)15(2)26-27-21)28-10-22(11-28)12-29-13-22/h3-7,9,14H,10-13H2,1-2H3,(H,25,27)/t14-/m1/s1. The van der Waals surface area contributed by atoms with Crippen LogP contribution in [0.15, 0.2) is 36.5 Å². The highest BCUT2D eigenvalue weighted by atomic mass is 16.5. The number of hydrogen-bond donors (Lipinski definition) is 1. The molecule has 2 aliphatic heterocycles. The van der Waals surface area contributed by atoms with Gasteiger partial charge < -0.3 is 15.0 Å². The van der Waals surface area contributed by atoms with E-state index in [0.717, 1.165) is 54.2 Å². The third kappa shape index (κ3) is 3.06. The number of nitrogens with zero attached hydrogens (tertiary/aromatic N) is 5. The summed E-state index contributed by atoms with van der Waals surface area (Å²) in [6, 6.07) is 11.9. The van der Waals surface area contributed by atoms with Crippen LogP contribution < -0.4 is 10.2 Å². The van der Waals surface area contributed by atoms with Crippen LogP contribution in [0.2, 0.25) is 0 Å². The van der Waals surface area contributed by atoms with Gasteiger partial charge >= 0.3 is 0 Å². The smallest absolute Gasteiger partial charge is 0.158 e. The number of nitriles is 1. The minimum absolute atomic E-state index is 0.0217. The molecular formula is C22H22N6O. The van der Waals surface area contributed by atoms with Crippen LogP contribution in [-0.2, 0) is 4.74 Å². The fraction of sp³-hybridized carbons (Fsp3) is 0.364. The summed E-state index contributed by atoms with van der Waals surface area (Å²) in [7, 11) is 0. The van der Waals surface area contributed by atoms with Gasteiger partial charge in [0.1, 0.15) is 0 Å².